The van der Waals surface area contributed by atoms with Crippen LogP contribution in [0.5, 0.6) is 0 Å². The van der Waals surface area contributed by atoms with Crippen LogP contribution >= 0.6 is 0 Å². The van der Waals surface area contributed by atoms with Crippen molar-refractivity contribution in [1.29, 1.82) is 5.41 Å². The monoisotopic (exact) mass is 498 g/mol. The predicted octanol–water partition coefficient (Wildman–Crippen LogP) is 5.78. The van der Waals surface area contributed by atoms with E-state index in [9.17, 15) is 13.2 Å². The summed E-state index contributed by atoms with van der Waals surface area (Å²) in [7, 11) is 2.09. The summed E-state index contributed by atoms with van der Waals surface area (Å²) in [6.45, 7) is 8.97. The number of rotatable bonds is 5. The van der Waals surface area contributed by atoms with E-state index in [-0.39, 0.29) is 19.0 Å². The van der Waals surface area contributed by atoms with Crippen molar-refractivity contribution in [3.05, 3.63) is 65.1 Å². The molecule has 0 atom stereocenters. The zero-order valence-electron chi connectivity index (χ0n) is 21.0. The van der Waals surface area contributed by atoms with Gasteiger partial charge in [-0.1, -0.05) is 32.6 Å². The first kappa shape index (κ1) is 25.7. The van der Waals surface area contributed by atoms with Gasteiger partial charge < -0.3 is 15.1 Å². The van der Waals surface area contributed by atoms with Crippen molar-refractivity contribution < 1.29 is 13.2 Å². The van der Waals surface area contributed by atoms with Crippen molar-refractivity contribution in [2.24, 2.45) is 0 Å². The van der Waals surface area contributed by atoms with E-state index in [1.54, 1.807) is 0 Å². The predicted molar refractivity (Wildman–Crippen MR) is 138 cm³/mol. The number of amidine groups is 1. The lowest BCUT2D eigenvalue weighted by molar-refractivity contribution is -0.0870. The Balaban J connectivity index is 1.65. The minimum absolute atomic E-state index is 0.0931. The second-order valence-corrected chi connectivity index (χ2v) is 9.65. The highest BCUT2D eigenvalue weighted by atomic mass is 19.4. The van der Waals surface area contributed by atoms with Gasteiger partial charge in [0.2, 0.25) is 0 Å². The quantitative estimate of drug-likeness (QED) is 0.311. The van der Waals surface area contributed by atoms with Crippen molar-refractivity contribution in [3.8, 4) is 0 Å². The summed E-state index contributed by atoms with van der Waals surface area (Å²) in [5, 5.41) is 11.8. The number of fused-ring (bicyclic) bond motifs is 2. The molecule has 0 saturated carbocycles. The molecular weight excluding hydrogens is 465 g/mol. The van der Waals surface area contributed by atoms with Crippen molar-refractivity contribution in [3.63, 3.8) is 0 Å². The highest BCUT2D eigenvalue weighted by Gasteiger charge is 2.38. The number of aromatic nitrogens is 2. The fourth-order valence-electron chi connectivity index (χ4n) is 4.77. The molecular formula is C27H33F3N6. The lowest BCUT2D eigenvalue weighted by Crippen LogP contribution is -2.37. The first-order valence-corrected chi connectivity index (χ1v) is 12.3. The maximum absolute atomic E-state index is 13.6. The number of hydrogen-bond acceptors (Lipinski definition) is 5. The molecule has 3 heterocycles. The molecule has 2 aromatic rings. The minimum Gasteiger partial charge on any atom is -0.374 e. The van der Waals surface area contributed by atoms with Crippen LogP contribution < -0.4 is 10.2 Å². The third-order valence-corrected chi connectivity index (χ3v) is 6.74. The van der Waals surface area contributed by atoms with Crippen LogP contribution in [0.25, 0.3) is 0 Å². The maximum atomic E-state index is 13.6. The standard InChI is InChI=1S/C27H33F3N6/c1-5-7-21(27(28,29)30)24(31)36-14-11-20-22(12-15-36)33-25(17(2)3)34-26(20)32-19-10-9-18-8-6-13-35(4)23(18)16-19/h5,7,9-10,16-17,31H,1,6,8,11-15H2,2-4H3,(H,32,33,34)/b21-7+,31-24?. The van der Waals surface area contributed by atoms with Gasteiger partial charge in [-0.15, -0.1) is 0 Å². The summed E-state index contributed by atoms with van der Waals surface area (Å²) in [5.41, 5.74) is 4.16. The first-order valence-electron chi connectivity index (χ1n) is 12.3. The summed E-state index contributed by atoms with van der Waals surface area (Å²) in [5.74, 6) is 0.931. The van der Waals surface area contributed by atoms with Crippen LogP contribution in [0.15, 0.2) is 42.5 Å². The Morgan fingerprint density at radius 3 is 2.58 bits per heavy atom. The number of halogens is 3. The molecule has 0 aliphatic carbocycles. The minimum atomic E-state index is -4.62. The van der Waals surface area contributed by atoms with Crippen LogP contribution in [0.4, 0.5) is 30.4 Å². The molecule has 0 fully saturated rings. The summed E-state index contributed by atoms with van der Waals surface area (Å²) in [6.07, 6.45) is 0.365. The molecule has 9 heteroatoms. The lowest BCUT2D eigenvalue weighted by Gasteiger charge is -2.28. The van der Waals surface area contributed by atoms with Crippen LogP contribution in [-0.2, 0) is 19.3 Å². The van der Waals surface area contributed by atoms with E-state index < -0.39 is 17.6 Å². The van der Waals surface area contributed by atoms with Gasteiger partial charge in [0.05, 0.1) is 11.3 Å². The molecule has 36 heavy (non-hydrogen) atoms. The number of alkyl halides is 3. The summed E-state index contributed by atoms with van der Waals surface area (Å²) >= 11 is 0. The summed E-state index contributed by atoms with van der Waals surface area (Å²) in [4.78, 5) is 13.3. The molecule has 1 aromatic heterocycles. The topological polar surface area (TPSA) is 68.1 Å². The molecule has 0 radical (unpaired) electrons. The number of allylic oxidation sites excluding steroid dienone is 2. The second kappa shape index (κ2) is 10.3. The number of nitrogens with zero attached hydrogens (tertiary/aromatic N) is 4. The van der Waals surface area contributed by atoms with Gasteiger partial charge in [0.15, 0.2) is 0 Å². The Labute approximate surface area is 210 Å². The smallest absolute Gasteiger partial charge is 0.374 e. The van der Waals surface area contributed by atoms with E-state index >= 15 is 0 Å². The van der Waals surface area contributed by atoms with Gasteiger partial charge in [-0.05, 0) is 43.0 Å². The molecule has 0 saturated heterocycles. The van der Waals surface area contributed by atoms with Gasteiger partial charge in [-0.2, -0.15) is 13.2 Å². The Morgan fingerprint density at radius 1 is 1.14 bits per heavy atom. The largest absolute Gasteiger partial charge is 0.419 e. The van der Waals surface area contributed by atoms with Crippen LogP contribution in [0.2, 0.25) is 0 Å². The molecule has 0 amide bonds. The van der Waals surface area contributed by atoms with E-state index in [1.165, 1.54) is 16.2 Å². The number of hydrogen-bond donors (Lipinski definition) is 2. The molecule has 2 N–H and O–H groups in total. The molecule has 6 nitrogen and oxygen atoms in total. The van der Waals surface area contributed by atoms with Gasteiger partial charge in [-0.3, -0.25) is 5.41 Å². The Hall–Kier alpha value is -3.36. The molecule has 2 aliphatic heterocycles. The lowest BCUT2D eigenvalue weighted by atomic mass is 10.0. The number of aryl methyl sites for hydroxylation is 1. The third kappa shape index (κ3) is 5.39. The molecule has 0 unspecified atom stereocenters. The fraction of sp³-hybridized carbons (Fsp3) is 0.444. The zero-order valence-corrected chi connectivity index (χ0v) is 21.0. The van der Waals surface area contributed by atoms with Gasteiger partial charge in [0.25, 0.3) is 0 Å². The van der Waals surface area contributed by atoms with Crippen molar-refractivity contribution >= 4 is 23.0 Å². The molecule has 0 bridgehead atoms. The molecule has 192 valence electrons. The first-order chi connectivity index (χ1) is 17.1. The van der Waals surface area contributed by atoms with E-state index in [2.05, 4.69) is 42.0 Å². The Bertz CT molecular complexity index is 1180. The van der Waals surface area contributed by atoms with Gasteiger partial charge >= 0.3 is 6.18 Å². The highest BCUT2D eigenvalue weighted by molar-refractivity contribution is 5.97. The molecule has 0 spiro atoms. The normalized spacial score (nSPS) is 16.4. The number of benzene rings is 1. The van der Waals surface area contributed by atoms with Crippen molar-refractivity contribution in [1.82, 2.24) is 14.9 Å². The Kier molecular flexibility index (Phi) is 7.38. The third-order valence-electron chi connectivity index (χ3n) is 6.74. The van der Waals surface area contributed by atoms with E-state index in [4.69, 9.17) is 15.4 Å². The van der Waals surface area contributed by atoms with E-state index in [0.717, 1.165) is 48.5 Å². The fourth-order valence-corrected chi connectivity index (χ4v) is 4.77. The van der Waals surface area contributed by atoms with Crippen molar-refractivity contribution in [2.45, 2.75) is 51.6 Å². The highest BCUT2D eigenvalue weighted by Crippen LogP contribution is 2.33. The molecule has 2 aliphatic rings. The van der Waals surface area contributed by atoms with E-state index in [0.29, 0.717) is 24.5 Å². The number of anilines is 3. The Morgan fingerprint density at radius 2 is 1.89 bits per heavy atom. The van der Waals surface area contributed by atoms with Crippen LogP contribution in [0, 0.1) is 5.41 Å². The zero-order chi connectivity index (χ0) is 26.0. The average molecular weight is 499 g/mol. The second-order valence-electron chi connectivity index (χ2n) is 9.65. The van der Waals surface area contributed by atoms with Gasteiger partial charge in [-0.25, -0.2) is 9.97 Å². The average Bonchev–Trinajstić information content (AvgIpc) is 3.05. The number of nitrogens with one attached hydrogen (secondary N) is 2. The maximum Gasteiger partial charge on any atom is 0.419 e. The molecule has 1 aromatic carbocycles. The van der Waals surface area contributed by atoms with Crippen molar-refractivity contribution in [2.75, 3.05) is 36.9 Å². The summed E-state index contributed by atoms with van der Waals surface area (Å²) < 4.78 is 40.7. The SMILES string of the molecule is C=C/C=C(\C(=N)N1CCc2nc(C(C)C)nc(Nc3ccc4c(c3)N(C)CCC4)c2CC1)C(F)(F)F. The van der Waals surface area contributed by atoms with Gasteiger partial charge in [0.1, 0.15) is 17.5 Å². The van der Waals surface area contributed by atoms with E-state index in [1.807, 2.05) is 13.8 Å². The molecule has 4 rings (SSSR count). The summed E-state index contributed by atoms with van der Waals surface area (Å²) in [6, 6.07) is 6.33. The van der Waals surface area contributed by atoms with Crippen LogP contribution in [0.1, 0.15) is 48.8 Å². The van der Waals surface area contributed by atoms with Crippen LogP contribution in [-0.4, -0.2) is 53.6 Å². The van der Waals surface area contributed by atoms with Crippen LogP contribution in [0.3, 0.4) is 0 Å². The van der Waals surface area contributed by atoms with Gasteiger partial charge in [0, 0.05) is 56.0 Å².